The van der Waals surface area contributed by atoms with Gasteiger partial charge in [-0.25, -0.2) is 0 Å². The lowest BCUT2D eigenvalue weighted by Crippen LogP contribution is -2.15. The SMILES string of the molecule is CCCCCCCCOCC(O)CCCCCC. The van der Waals surface area contributed by atoms with E-state index in [-0.39, 0.29) is 6.10 Å². The summed E-state index contributed by atoms with van der Waals surface area (Å²) in [6.07, 6.45) is 13.3. The molecule has 110 valence electrons. The average molecular weight is 258 g/mol. The molecule has 2 nitrogen and oxygen atoms in total. The molecule has 0 aromatic heterocycles. The molecule has 0 aromatic carbocycles. The molecule has 0 aliphatic carbocycles. The Labute approximate surface area is 114 Å². The highest BCUT2D eigenvalue weighted by Gasteiger charge is 2.03. The molecule has 0 bridgehead atoms. The Morgan fingerprint density at radius 3 is 2.00 bits per heavy atom. The minimum Gasteiger partial charge on any atom is -0.391 e. The molecule has 0 aliphatic rings. The molecule has 0 aliphatic heterocycles. The molecule has 0 heterocycles. The number of hydrogen-bond donors (Lipinski definition) is 1. The Hall–Kier alpha value is -0.0800. The highest BCUT2D eigenvalue weighted by molar-refractivity contribution is 4.54. The second kappa shape index (κ2) is 15.0. The van der Waals surface area contributed by atoms with Crippen LogP contribution in [0, 0.1) is 0 Å². The summed E-state index contributed by atoms with van der Waals surface area (Å²) in [5.41, 5.74) is 0. The van der Waals surface area contributed by atoms with Crippen molar-refractivity contribution in [2.45, 2.75) is 90.6 Å². The maximum atomic E-state index is 9.70. The number of unbranched alkanes of at least 4 members (excludes halogenated alkanes) is 8. The van der Waals surface area contributed by atoms with Gasteiger partial charge in [-0.1, -0.05) is 71.6 Å². The van der Waals surface area contributed by atoms with E-state index in [1.165, 1.54) is 51.4 Å². The Kier molecular flexibility index (Phi) is 14.9. The van der Waals surface area contributed by atoms with E-state index in [0.717, 1.165) is 25.9 Å². The van der Waals surface area contributed by atoms with Crippen LogP contribution in [-0.2, 0) is 4.74 Å². The molecule has 18 heavy (non-hydrogen) atoms. The predicted molar refractivity (Wildman–Crippen MR) is 79.0 cm³/mol. The third-order valence-corrected chi connectivity index (χ3v) is 3.34. The summed E-state index contributed by atoms with van der Waals surface area (Å²) < 4.78 is 5.51. The van der Waals surface area contributed by atoms with Crippen LogP contribution < -0.4 is 0 Å². The monoisotopic (exact) mass is 258 g/mol. The van der Waals surface area contributed by atoms with Gasteiger partial charge in [0, 0.05) is 6.61 Å². The van der Waals surface area contributed by atoms with Crippen molar-refractivity contribution >= 4 is 0 Å². The Bertz CT molecular complexity index is 148. The lowest BCUT2D eigenvalue weighted by molar-refractivity contribution is 0.0298. The van der Waals surface area contributed by atoms with Crippen molar-refractivity contribution in [3.8, 4) is 0 Å². The van der Waals surface area contributed by atoms with Crippen molar-refractivity contribution in [2.75, 3.05) is 13.2 Å². The molecule has 0 spiro atoms. The average Bonchev–Trinajstić information content (AvgIpc) is 2.38. The van der Waals surface area contributed by atoms with Gasteiger partial charge in [0.15, 0.2) is 0 Å². The zero-order chi connectivity index (χ0) is 13.5. The van der Waals surface area contributed by atoms with E-state index in [9.17, 15) is 5.11 Å². The van der Waals surface area contributed by atoms with Crippen molar-refractivity contribution in [3.05, 3.63) is 0 Å². The molecule has 1 N–H and O–H groups in total. The third kappa shape index (κ3) is 14.0. The molecule has 0 aromatic rings. The van der Waals surface area contributed by atoms with Crippen LogP contribution in [0.4, 0.5) is 0 Å². The highest BCUT2D eigenvalue weighted by Crippen LogP contribution is 2.07. The summed E-state index contributed by atoms with van der Waals surface area (Å²) in [6.45, 7) is 5.80. The standard InChI is InChI=1S/C16H34O2/c1-3-5-7-9-10-12-14-18-15-16(17)13-11-8-6-4-2/h16-17H,3-15H2,1-2H3. The minimum absolute atomic E-state index is 0.248. The molecular weight excluding hydrogens is 224 g/mol. The lowest BCUT2D eigenvalue weighted by Gasteiger charge is -2.11. The fraction of sp³-hybridized carbons (Fsp3) is 1.00. The van der Waals surface area contributed by atoms with E-state index in [1.54, 1.807) is 0 Å². The summed E-state index contributed by atoms with van der Waals surface area (Å²) in [7, 11) is 0. The van der Waals surface area contributed by atoms with Crippen LogP contribution in [0.5, 0.6) is 0 Å². The first kappa shape index (κ1) is 17.9. The summed E-state index contributed by atoms with van der Waals surface area (Å²) in [4.78, 5) is 0. The van der Waals surface area contributed by atoms with Gasteiger partial charge < -0.3 is 9.84 Å². The fourth-order valence-corrected chi connectivity index (χ4v) is 2.09. The van der Waals surface area contributed by atoms with Crippen LogP contribution in [0.1, 0.15) is 84.5 Å². The molecule has 0 rings (SSSR count). The van der Waals surface area contributed by atoms with Crippen LogP contribution in [0.2, 0.25) is 0 Å². The Balaban J connectivity index is 3.08. The highest BCUT2D eigenvalue weighted by atomic mass is 16.5. The van der Waals surface area contributed by atoms with Gasteiger partial charge in [-0.05, 0) is 12.8 Å². The molecular formula is C16H34O2. The Morgan fingerprint density at radius 2 is 1.33 bits per heavy atom. The summed E-state index contributed by atoms with van der Waals surface area (Å²) >= 11 is 0. The summed E-state index contributed by atoms with van der Waals surface area (Å²) in [6, 6.07) is 0. The van der Waals surface area contributed by atoms with Gasteiger partial charge >= 0.3 is 0 Å². The van der Waals surface area contributed by atoms with Crippen molar-refractivity contribution in [1.82, 2.24) is 0 Å². The van der Waals surface area contributed by atoms with E-state index in [2.05, 4.69) is 13.8 Å². The number of rotatable bonds is 14. The van der Waals surface area contributed by atoms with Crippen LogP contribution in [0.15, 0.2) is 0 Å². The van der Waals surface area contributed by atoms with Gasteiger partial charge in [-0.2, -0.15) is 0 Å². The first-order valence-corrected chi connectivity index (χ1v) is 8.07. The van der Waals surface area contributed by atoms with Gasteiger partial charge in [0.1, 0.15) is 0 Å². The number of aliphatic hydroxyl groups excluding tert-OH is 1. The normalized spacial score (nSPS) is 12.8. The van der Waals surface area contributed by atoms with Gasteiger partial charge in [-0.15, -0.1) is 0 Å². The van der Waals surface area contributed by atoms with E-state index in [1.807, 2.05) is 0 Å². The van der Waals surface area contributed by atoms with Gasteiger partial charge in [0.2, 0.25) is 0 Å². The van der Waals surface area contributed by atoms with E-state index in [0.29, 0.717) is 6.61 Å². The summed E-state index contributed by atoms with van der Waals surface area (Å²) in [5, 5.41) is 9.70. The van der Waals surface area contributed by atoms with E-state index in [4.69, 9.17) is 4.74 Å². The zero-order valence-corrected chi connectivity index (χ0v) is 12.6. The molecule has 0 fully saturated rings. The third-order valence-electron chi connectivity index (χ3n) is 3.34. The van der Waals surface area contributed by atoms with Crippen LogP contribution in [0.3, 0.4) is 0 Å². The minimum atomic E-state index is -0.248. The van der Waals surface area contributed by atoms with Gasteiger partial charge in [-0.3, -0.25) is 0 Å². The van der Waals surface area contributed by atoms with Crippen molar-refractivity contribution < 1.29 is 9.84 Å². The number of aliphatic hydroxyl groups is 1. The van der Waals surface area contributed by atoms with Crippen molar-refractivity contribution in [2.24, 2.45) is 0 Å². The Morgan fingerprint density at radius 1 is 0.778 bits per heavy atom. The maximum Gasteiger partial charge on any atom is 0.0773 e. The molecule has 0 amide bonds. The van der Waals surface area contributed by atoms with Crippen LogP contribution in [0.25, 0.3) is 0 Å². The smallest absolute Gasteiger partial charge is 0.0773 e. The first-order valence-electron chi connectivity index (χ1n) is 8.07. The van der Waals surface area contributed by atoms with Crippen molar-refractivity contribution in [3.63, 3.8) is 0 Å². The molecule has 0 saturated carbocycles. The molecule has 1 unspecified atom stereocenters. The van der Waals surface area contributed by atoms with E-state index >= 15 is 0 Å². The fourth-order valence-electron chi connectivity index (χ4n) is 2.09. The molecule has 2 heteroatoms. The van der Waals surface area contributed by atoms with Crippen molar-refractivity contribution in [1.29, 1.82) is 0 Å². The van der Waals surface area contributed by atoms with Crippen LogP contribution >= 0.6 is 0 Å². The van der Waals surface area contributed by atoms with Gasteiger partial charge in [0.25, 0.3) is 0 Å². The van der Waals surface area contributed by atoms with Gasteiger partial charge in [0.05, 0.1) is 12.7 Å². The first-order chi connectivity index (χ1) is 8.81. The maximum absolute atomic E-state index is 9.70. The quantitative estimate of drug-likeness (QED) is 0.458. The summed E-state index contributed by atoms with van der Waals surface area (Å²) in [5.74, 6) is 0. The van der Waals surface area contributed by atoms with Crippen LogP contribution in [-0.4, -0.2) is 24.4 Å². The van der Waals surface area contributed by atoms with E-state index < -0.39 is 0 Å². The molecule has 0 radical (unpaired) electrons. The lowest BCUT2D eigenvalue weighted by atomic mass is 10.1. The number of ether oxygens (including phenoxy) is 1. The molecule has 1 atom stereocenters. The molecule has 0 saturated heterocycles. The second-order valence-electron chi connectivity index (χ2n) is 5.35. The largest absolute Gasteiger partial charge is 0.391 e. The second-order valence-corrected chi connectivity index (χ2v) is 5.35. The predicted octanol–water partition coefficient (Wildman–Crippen LogP) is 4.69. The number of hydrogen-bond acceptors (Lipinski definition) is 2. The topological polar surface area (TPSA) is 29.5 Å². The zero-order valence-electron chi connectivity index (χ0n) is 12.6.